The number of fused-ring (bicyclic) bond motifs is 3. The Labute approximate surface area is 197 Å². The van der Waals surface area contributed by atoms with Gasteiger partial charge < -0.3 is 24.1 Å². The SMILES string of the molecule is COc1cccc2c1-c1c(c(OCc3ccccc3)cc(Cl)c1OC)C[C@](C)(O)CC(=O)O2. The Kier molecular flexibility index (Phi) is 6.49. The molecule has 1 aliphatic heterocycles. The molecule has 1 atom stereocenters. The summed E-state index contributed by atoms with van der Waals surface area (Å²) in [4.78, 5) is 12.6. The third kappa shape index (κ3) is 4.77. The maximum Gasteiger partial charge on any atom is 0.314 e. The van der Waals surface area contributed by atoms with Gasteiger partial charge in [0.05, 0.1) is 36.8 Å². The Bertz CT molecular complexity index is 1170. The second kappa shape index (κ2) is 9.33. The molecule has 0 aromatic heterocycles. The standard InChI is InChI=1S/C26H25ClO6/c1-26(29)13-17-21(32-15-16-8-5-4-6-9-16)12-18(27)25(31-3)23(17)24-19(30-2)10-7-11-20(24)33-22(28)14-26/h4-12,29H,13-15H2,1-3H3/t26-/m0/s1. The number of halogens is 1. The molecule has 0 aliphatic carbocycles. The minimum absolute atomic E-state index is 0.104. The van der Waals surface area contributed by atoms with Crippen LogP contribution in [0, 0.1) is 0 Å². The first-order chi connectivity index (χ1) is 15.8. The van der Waals surface area contributed by atoms with E-state index in [0.717, 1.165) is 5.56 Å². The molecule has 6 nitrogen and oxygen atoms in total. The van der Waals surface area contributed by atoms with E-state index in [4.69, 9.17) is 30.5 Å². The van der Waals surface area contributed by atoms with Crippen LogP contribution in [-0.2, 0) is 17.8 Å². The number of esters is 1. The molecule has 4 rings (SSSR count). The van der Waals surface area contributed by atoms with E-state index >= 15 is 0 Å². The quantitative estimate of drug-likeness (QED) is 0.409. The Hall–Kier alpha value is -3.22. The monoisotopic (exact) mass is 468 g/mol. The van der Waals surface area contributed by atoms with Gasteiger partial charge in [-0.1, -0.05) is 48.0 Å². The molecule has 0 fully saturated rings. The van der Waals surface area contributed by atoms with E-state index in [9.17, 15) is 9.90 Å². The summed E-state index contributed by atoms with van der Waals surface area (Å²) in [7, 11) is 3.04. The second-order valence-corrected chi connectivity index (χ2v) is 8.58. The van der Waals surface area contributed by atoms with Crippen LogP contribution in [0.25, 0.3) is 11.1 Å². The van der Waals surface area contributed by atoms with Gasteiger partial charge in [0, 0.05) is 23.6 Å². The fourth-order valence-corrected chi connectivity index (χ4v) is 4.35. The van der Waals surface area contributed by atoms with Crippen LogP contribution in [-0.4, -0.2) is 30.9 Å². The zero-order valence-corrected chi connectivity index (χ0v) is 19.4. The lowest BCUT2D eigenvalue weighted by molar-refractivity contribution is -0.139. The number of aliphatic hydroxyl groups is 1. The minimum Gasteiger partial charge on any atom is -0.496 e. The van der Waals surface area contributed by atoms with E-state index in [2.05, 4.69) is 0 Å². The fourth-order valence-electron chi connectivity index (χ4n) is 4.08. The van der Waals surface area contributed by atoms with Crippen molar-refractivity contribution in [3.63, 3.8) is 0 Å². The lowest BCUT2D eigenvalue weighted by Crippen LogP contribution is -2.32. The third-order valence-electron chi connectivity index (χ3n) is 5.51. The van der Waals surface area contributed by atoms with Crippen LogP contribution < -0.4 is 18.9 Å². The summed E-state index contributed by atoms with van der Waals surface area (Å²) in [5.41, 5.74) is 1.27. The molecule has 0 spiro atoms. The highest BCUT2D eigenvalue weighted by atomic mass is 35.5. The first-order valence-electron chi connectivity index (χ1n) is 10.5. The van der Waals surface area contributed by atoms with Gasteiger partial charge in [-0.25, -0.2) is 0 Å². The highest BCUT2D eigenvalue weighted by Crippen LogP contribution is 2.51. The topological polar surface area (TPSA) is 74.2 Å². The van der Waals surface area contributed by atoms with Gasteiger partial charge >= 0.3 is 5.97 Å². The minimum atomic E-state index is -1.40. The summed E-state index contributed by atoms with van der Waals surface area (Å²) in [5.74, 6) is 1.05. The molecule has 33 heavy (non-hydrogen) atoms. The lowest BCUT2D eigenvalue weighted by Gasteiger charge is -2.26. The van der Waals surface area contributed by atoms with E-state index in [1.54, 1.807) is 31.2 Å². The molecule has 1 aliphatic rings. The van der Waals surface area contributed by atoms with Crippen molar-refractivity contribution >= 4 is 17.6 Å². The van der Waals surface area contributed by atoms with Crippen LogP contribution in [0.3, 0.4) is 0 Å². The number of rotatable bonds is 5. The maximum absolute atomic E-state index is 12.6. The molecule has 0 unspecified atom stereocenters. The average molecular weight is 469 g/mol. The molecular weight excluding hydrogens is 444 g/mol. The van der Waals surface area contributed by atoms with Crippen LogP contribution in [0.5, 0.6) is 23.0 Å². The fraction of sp³-hybridized carbons (Fsp3) is 0.269. The first-order valence-corrected chi connectivity index (χ1v) is 10.9. The summed E-state index contributed by atoms with van der Waals surface area (Å²) < 4.78 is 23.1. The molecule has 172 valence electrons. The second-order valence-electron chi connectivity index (χ2n) is 8.18. The van der Waals surface area contributed by atoms with Crippen molar-refractivity contribution < 1.29 is 28.8 Å². The molecule has 3 aromatic rings. The number of carbonyl (C=O) groups is 1. The van der Waals surface area contributed by atoms with E-state index < -0.39 is 11.6 Å². The van der Waals surface area contributed by atoms with Gasteiger partial charge in [0.2, 0.25) is 0 Å². The van der Waals surface area contributed by atoms with Crippen LogP contribution in [0.4, 0.5) is 0 Å². The van der Waals surface area contributed by atoms with Crippen LogP contribution in [0.2, 0.25) is 5.02 Å². The van der Waals surface area contributed by atoms with Crippen molar-refractivity contribution in [2.24, 2.45) is 0 Å². The van der Waals surface area contributed by atoms with Gasteiger partial charge in [0.25, 0.3) is 0 Å². The predicted molar refractivity (Wildman–Crippen MR) is 125 cm³/mol. The summed E-state index contributed by atoms with van der Waals surface area (Å²) in [6.07, 6.45) is -0.0985. The number of methoxy groups -OCH3 is 2. The molecule has 0 bridgehead atoms. The summed E-state index contributed by atoms with van der Waals surface area (Å²) >= 11 is 6.63. The van der Waals surface area contributed by atoms with E-state index in [1.165, 1.54) is 14.2 Å². The Balaban J connectivity index is 1.98. The van der Waals surface area contributed by atoms with E-state index in [1.807, 2.05) is 30.3 Å². The van der Waals surface area contributed by atoms with Gasteiger partial charge in [0.15, 0.2) is 0 Å². The molecule has 0 radical (unpaired) electrons. The van der Waals surface area contributed by atoms with Crippen molar-refractivity contribution in [1.82, 2.24) is 0 Å². The highest BCUT2D eigenvalue weighted by Gasteiger charge is 2.35. The number of carbonyl (C=O) groups excluding carboxylic acids is 1. The first kappa shape index (κ1) is 23.0. The Morgan fingerprint density at radius 1 is 1.00 bits per heavy atom. The Morgan fingerprint density at radius 3 is 2.45 bits per heavy atom. The molecule has 0 amide bonds. The number of hydrogen-bond acceptors (Lipinski definition) is 6. The predicted octanol–water partition coefficient (Wildman–Crippen LogP) is 5.21. The lowest BCUT2D eigenvalue weighted by atomic mass is 9.87. The van der Waals surface area contributed by atoms with Gasteiger partial charge in [-0.15, -0.1) is 0 Å². The van der Waals surface area contributed by atoms with Crippen molar-refractivity contribution in [2.75, 3.05) is 14.2 Å². The van der Waals surface area contributed by atoms with Crippen molar-refractivity contribution in [1.29, 1.82) is 0 Å². The third-order valence-corrected chi connectivity index (χ3v) is 5.79. The molecule has 0 saturated carbocycles. The van der Waals surface area contributed by atoms with Gasteiger partial charge in [-0.2, -0.15) is 0 Å². The van der Waals surface area contributed by atoms with Crippen LogP contribution >= 0.6 is 11.6 Å². The van der Waals surface area contributed by atoms with Crippen molar-refractivity contribution in [2.45, 2.75) is 32.0 Å². The van der Waals surface area contributed by atoms with Crippen LogP contribution in [0.15, 0.2) is 54.6 Å². The Morgan fingerprint density at radius 2 is 1.76 bits per heavy atom. The molecule has 0 saturated heterocycles. The number of ether oxygens (including phenoxy) is 4. The zero-order valence-electron chi connectivity index (χ0n) is 18.7. The molecular formula is C26H25ClO6. The number of benzene rings is 3. The maximum atomic E-state index is 12.6. The van der Waals surface area contributed by atoms with Crippen LogP contribution in [0.1, 0.15) is 24.5 Å². The summed E-state index contributed by atoms with van der Waals surface area (Å²) in [5, 5.41) is 11.4. The van der Waals surface area contributed by atoms with Crippen molar-refractivity contribution in [3.05, 3.63) is 70.7 Å². The molecule has 1 heterocycles. The van der Waals surface area contributed by atoms with E-state index in [0.29, 0.717) is 45.6 Å². The molecule has 1 N–H and O–H groups in total. The number of hydrogen-bond donors (Lipinski definition) is 1. The zero-order chi connectivity index (χ0) is 23.6. The highest BCUT2D eigenvalue weighted by molar-refractivity contribution is 6.33. The molecule has 7 heteroatoms. The largest absolute Gasteiger partial charge is 0.496 e. The normalized spacial score (nSPS) is 17.5. The van der Waals surface area contributed by atoms with E-state index in [-0.39, 0.29) is 18.6 Å². The van der Waals surface area contributed by atoms with Gasteiger partial charge in [-0.05, 0) is 24.6 Å². The molecule has 3 aromatic carbocycles. The smallest absolute Gasteiger partial charge is 0.314 e. The summed E-state index contributed by atoms with van der Waals surface area (Å²) in [6.45, 7) is 1.89. The van der Waals surface area contributed by atoms with Crippen molar-refractivity contribution in [3.8, 4) is 34.1 Å². The van der Waals surface area contributed by atoms with Gasteiger partial charge in [-0.3, -0.25) is 4.79 Å². The summed E-state index contributed by atoms with van der Waals surface area (Å²) in [6, 6.07) is 16.6. The van der Waals surface area contributed by atoms with Gasteiger partial charge in [0.1, 0.15) is 29.6 Å². The average Bonchev–Trinajstić information content (AvgIpc) is 2.82.